The molecule has 6 saturated heterocycles. The topological polar surface area (TPSA) is 165 Å². The van der Waals surface area contributed by atoms with E-state index in [1.165, 1.54) is 217 Å². The van der Waals surface area contributed by atoms with Crippen molar-refractivity contribution in [2.45, 2.75) is 310 Å². The van der Waals surface area contributed by atoms with Crippen LogP contribution in [0.3, 0.4) is 0 Å². The van der Waals surface area contributed by atoms with E-state index in [9.17, 15) is 9.59 Å². The fourth-order valence-electron chi connectivity index (χ4n) is 26.1. The van der Waals surface area contributed by atoms with Gasteiger partial charge in [-0.1, -0.05) is 126 Å². The largest absolute Gasteiger partial charge is 0.326 e. The fraction of sp³-hybridized carbons (Fsp3) is 0.640. The molecule has 104 heavy (non-hydrogen) atoms. The highest BCUT2D eigenvalue weighted by Crippen LogP contribution is 2.53. The zero-order chi connectivity index (χ0) is 68.8. The van der Waals surface area contributed by atoms with Gasteiger partial charge < -0.3 is 18.7 Å². The SMILES string of the molecule is O=c1cc(-c2nc3ccc(Cn4cc(Cl)c(-c5nc6ccc(-n7ccc(-c8nc9ccccc9n8C8CC9CCCC(C8)N9C8CC9CCCCC(C9)C8)n7)cc6n5C5CC6CCCC(C5)N6C5CC6CCCCC(C6)C5)n4)cc3n2C2CC3CCCC(C2)N3C2CC3CCCCC(C3)C2)[nH]c(=O)[nH]1. The summed E-state index contributed by atoms with van der Waals surface area (Å²) in [5.74, 6) is 7.81. The average molecular weight is 1420 g/mol. The van der Waals surface area contributed by atoms with Crippen molar-refractivity contribution >= 4 is 44.7 Å². The van der Waals surface area contributed by atoms with E-state index in [1.807, 2.05) is 10.9 Å². The molecule has 6 aliphatic carbocycles. The van der Waals surface area contributed by atoms with Crippen LogP contribution in [0.15, 0.2) is 94.8 Å². The molecule has 18 heteroatoms. The van der Waals surface area contributed by atoms with Gasteiger partial charge in [-0.05, 0) is 224 Å². The highest BCUT2D eigenvalue weighted by atomic mass is 35.5. The second kappa shape index (κ2) is 26.9. The number of aromatic nitrogens is 12. The Morgan fingerprint density at radius 1 is 0.394 bits per heavy atom. The first kappa shape index (κ1) is 65.6. The monoisotopic (exact) mass is 1420 g/mol. The lowest BCUT2D eigenvalue weighted by Crippen LogP contribution is -2.58. The summed E-state index contributed by atoms with van der Waals surface area (Å²) < 4.78 is 11.7. The van der Waals surface area contributed by atoms with Gasteiger partial charge in [-0.25, -0.2) is 24.4 Å². The molecule has 6 saturated carbocycles. The Morgan fingerprint density at radius 2 is 0.846 bits per heavy atom. The summed E-state index contributed by atoms with van der Waals surface area (Å²) in [7, 11) is 0. The third-order valence-corrected chi connectivity index (χ3v) is 30.1. The van der Waals surface area contributed by atoms with E-state index in [4.69, 9.17) is 36.8 Å². The van der Waals surface area contributed by atoms with Crippen molar-refractivity contribution in [3.8, 4) is 40.2 Å². The second-order valence-electron chi connectivity index (χ2n) is 36.1. The van der Waals surface area contributed by atoms with E-state index >= 15 is 0 Å². The zero-order valence-electron chi connectivity index (χ0n) is 61.1. The maximum Gasteiger partial charge on any atom is 0.326 e. The van der Waals surface area contributed by atoms with Crippen molar-refractivity contribution in [1.29, 1.82) is 0 Å². The predicted molar refractivity (Wildman–Crippen MR) is 411 cm³/mol. The standard InChI is InChI=1S/C86H108ClN15O2/c87-72-51-95(50-58-26-28-74-79(41-58)101(84(89-74)77-49-81(103)92-86(104)91-77)70-44-62-20-10-21-63(45-70)98(62)67-37-54-14-3-4-15-55(33-54)38-67)94-82(72)85-90-75-29-27-59(48-80(75)102(85)71-46-64-22-11-23-65(47-71)99(64)68-39-56-16-5-6-17-57(34-56)40-68)96-31-30-76(93-96)83-88-73-24-7-8-25-78(73)100(83)69-42-60-18-9-19-61(43-69)97(60)66-35-52-12-1-2-13-53(32-52)36-66/h7-8,24-31,41,48-49,51-57,60-71H,1-6,9-23,32-40,42-47,50H2,(H2,91,92,103,104). The molecule has 6 aromatic heterocycles. The molecule has 12 bridgehead atoms. The number of imidazole rings is 3. The van der Waals surface area contributed by atoms with Crippen molar-refractivity contribution in [3.05, 3.63) is 117 Å². The number of hydrogen-bond acceptors (Lipinski definition) is 10. The molecular formula is C86H108ClN15O2. The number of para-hydroxylation sites is 2. The molecule has 3 aromatic carbocycles. The van der Waals surface area contributed by atoms with Gasteiger partial charge in [-0.3, -0.25) is 29.2 Å². The maximum absolute atomic E-state index is 13.1. The second-order valence-corrected chi connectivity index (χ2v) is 36.5. The Balaban J connectivity index is 0.616. The zero-order valence-corrected chi connectivity index (χ0v) is 61.9. The van der Waals surface area contributed by atoms with Gasteiger partial charge in [0, 0.05) is 91.0 Å². The summed E-state index contributed by atoms with van der Waals surface area (Å²) in [4.78, 5) is 57.3. The molecule has 6 aliphatic heterocycles. The average Bonchev–Trinajstić information content (AvgIpc) is 1.66. The van der Waals surface area contributed by atoms with Crippen LogP contribution in [0.2, 0.25) is 5.02 Å². The minimum Gasteiger partial charge on any atom is -0.319 e. The van der Waals surface area contributed by atoms with Gasteiger partial charge in [-0.15, -0.1) is 0 Å². The van der Waals surface area contributed by atoms with Crippen LogP contribution in [0, 0.1) is 35.5 Å². The Bertz CT molecular complexity index is 4690. The molecule has 12 fully saturated rings. The number of H-pyrrole nitrogens is 2. The van der Waals surface area contributed by atoms with Crippen molar-refractivity contribution < 1.29 is 0 Å². The first-order valence-electron chi connectivity index (χ1n) is 42.1. The first-order valence-corrected chi connectivity index (χ1v) is 42.5. The number of benzene rings is 3. The number of rotatable bonds is 12. The summed E-state index contributed by atoms with van der Waals surface area (Å²) in [6, 6.07) is 32.0. The minimum absolute atomic E-state index is 0.149. The molecule has 546 valence electrons. The van der Waals surface area contributed by atoms with Gasteiger partial charge in [-0.2, -0.15) is 10.2 Å². The molecule has 0 spiro atoms. The highest BCUT2D eigenvalue weighted by Gasteiger charge is 2.50. The molecule has 0 amide bonds. The Kier molecular flexibility index (Phi) is 17.0. The number of hydrogen-bond donors (Lipinski definition) is 2. The van der Waals surface area contributed by atoms with Crippen LogP contribution >= 0.6 is 11.6 Å². The molecule has 12 heterocycles. The highest BCUT2D eigenvalue weighted by molar-refractivity contribution is 6.32. The number of piperidine rings is 6. The van der Waals surface area contributed by atoms with Crippen molar-refractivity contribution in [3.63, 3.8) is 0 Å². The van der Waals surface area contributed by atoms with E-state index in [0.717, 1.165) is 123 Å². The molecule has 9 aromatic rings. The molecule has 12 atom stereocenters. The lowest BCUT2D eigenvalue weighted by atomic mass is 9.73. The van der Waals surface area contributed by atoms with Gasteiger partial charge in [0.05, 0.1) is 56.0 Å². The van der Waals surface area contributed by atoms with Gasteiger partial charge in [0.15, 0.2) is 17.5 Å². The lowest BCUT2D eigenvalue weighted by Gasteiger charge is -2.54. The maximum atomic E-state index is 13.1. The summed E-state index contributed by atoms with van der Waals surface area (Å²) in [5, 5.41) is 11.6. The fourth-order valence-corrected chi connectivity index (χ4v) is 26.3. The van der Waals surface area contributed by atoms with Crippen molar-refractivity contribution in [1.82, 2.24) is 72.9 Å². The van der Waals surface area contributed by atoms with E-state index in [0.29, 0.717) is 83.2 Å². The van der Waals surface area contributed by atoms with Crippen molar-refractivity contribution in [2.75, 3.05) is 0 Å². The minimum atomic E-state index is -0.518. The number of aromatic amines is 2. The van der Waals surface area contributed by atoms with Crippen molar-refractivity contribution in [2.24, 2.45) is 35.5 Å². The van der Waals surface area contributed by atoms with Gasteiger partial charge in [0.1, 0.15) is 11.4 Å². The van der Waals surface area contributed by atoms with E-state index in [1.54, 1.807) is 0 Å². The van der Waals surface area contributed by atoms with Gasteiger partial charge in [0.25, 0.3) is 5.56 Å². The molecule has 2 N–H and O–H groups in total. The van der Waals surface area contributed by atoms with Crippen LogP contribution in [-0.4, -0.2) is 127 Å². The number of nitrogens with one attached hydrogen (secondary N) is 2. The quantitative estimate of drug-likeness (QED) is 0.120. The number of fused-ring (bicyclic) bond motifs is 15. The normalized spacial score (nSPS) is 34.2. The molecule has 17 nitrogen and oxygen atoms in total. The van der Waals surface area contributed by atoms with Crippen LogP contribution in [-0.2, 0) is 6.54 Å². The molecule has 12 unspecified atom stereocenters. The van der Waals surface area contributed by atoms with Crippen LogP contribution in [0.25, 0.3) is 73.3 Å². The van der Waals surface area contributed by atoms with Crippen LogP contribution in [0.4, 0.5) is 0 Å². The van der Waals surface area contributed by atoms with Crippen LogP contribution < -0.4 is 11.2 Å². The number of halogens is 1. The predicted octanol–water partition coefficient (Wildman–Crippen LogP) is 17.9. The third-order valence-electron chi connectivity index (χ3n) is 29.8. The Hall–Kier alpha value is -6.66. The summed E-state index contributed by atoms with van der Waals surface area (Å²) in [5.41, 5.74) is 9.43. The Morgan fingerprint density at radius 3 is 1.37 bits per heavy atom. The summed E-state index contributed by atoms with van der Waals surface area (Å²) >= 11 is 7.67. The first-order chi connectivity index (χ1) is 51.1. The van der Waals surface area contributed by atoms with Crippen LogP contribution in [0.1, 0.15) is 255 Å². The number of nitrogens with zero attached hydrogens (tertiary/aromatic N) is 13. The summed E-state index contributed by atoms with van der Waals surface area (Å²) in [6.07, 6.45) is 51.9. The smallest absolute Gasteiger partial charge is 0.319 e. The summed E-state index contributed by atoms with van der Waals surface area (Å²) in [6.45, 7) is 0.485. The molecule has 0 radical (unpaired) electrons. The molecular weight excluding hydrogens is 1310 g/mol. The van der Waals surface area contributed by atoms with Gasteiger partial charge in [0.2, 0.25) is 0 Å². The van der Waals surface area contributed by atoms with E-state index in [2.05, 4.69) is 116 Å². The Labute approximate surface area is 616 Å². The van der Waals surface area contributed by atoms with E-state index < -0.39 is 11.2 Å². The van der Waals surface area contributed by atoms with Gasteiger partial charge >= 0.3 is 5.69 Å². The third kappa shape index (κ3) is 12.0. The molecule has 21 rings (SSSR count). The molecule has 12 aliphatic rings. The van der Waals surface area contributed by atoms with E-state index in [-0.39, 0.29) is 12.1 Å². The lowest BCUT2D eigenvalue weighted by molar-refractivity contribution is -0.0416. The van der Waals surface area contributed by atoms with Crippen LogP contribution in [0.5, 0.6) is 0 Å².